The predicted molar refractivity (Wildman–Crippen MR) is 430 cm³/mol. The van der Waals surface area contributed by atoms with Gasteiger partial charge >= 0.3 is 30.2 Å². The summed E-state index contributed by atoms with van der Waals surface area (Å²) in [5, 5.41) is 29.9. The van der Waals surface area contributed by atoms with E-state index >= 15 is 0 Å². The predicted octanol–water partition coefficient (Wildman–Crippen LogP) is 24.2. The molecule has 18 nitrogen and oxygen atoms in total. The zero-order valence-electron chi connectivity index (χ0n) is 64.7. The van der Waals surface area contributed by atoms with Crippen LogP contribution in [0, 0.1) is 29.2 Å². The van der Waals surface area contributed by atoms with E-state index < -0.39 is 35.8 Å². The number of carbonyl (C=O) groups is 1. The first-order valence-electron chi connectivity index (χ1n) is 38.0. The van der Waals surface area contributed by atoms with Crippen LogP contribution in [0.2, 0.25) is 0 Å². The normalized spacial score (nSPS) is 13.1. The lowest BCUT2D eigenvalue weighted by Crippen LogP contribution is -2.26. The smallest absolute Gasteiger partial charge is 0.344 e. The molecule has 1 N–H and O–H groups in total. The number of hydrogen-bond acceptors (Lipinski definition) is 18. The fourth-order valence-corrected chi connectivity index (χ4v) is 13.6. The molecule has 0 fully saturated rings. The Balaban J connectivity index is 1.01. The van der Waals surface area contributed by atoms with Crippen molar-refractivity contribution in [2.45, 2.75) is 157 Å². The zero-order chi connectivity index (χ0) is 81.6. The van der Waals surface area contributed by atoms with Gasteiger partial charge < -0.3 is 57.4 Å². The van der Waals surface area contributed by atoms with E-state index in [1.54, 1.807) is 66.8 Å². The van der Waals surface area contributed by atoms with E-state index in [2.05, 4.69) is 90.3 Å². The van der Waals surface area contributed by atoms with Crippen molar-refractivity contribution in [1.82, 2.24) is 0 Å². The molecule has 0 aliphatic carbocycles. The summed E-state index contributed by atoms with van der Waals surface area (Å²) in [6, 6.07) is 31.0. The molecule has 3 heterocycles. The van der Waals surface area contributed by atoms with Crippen LogP contribution in [0.4, 0.5) is 32.0 Å². The van der Waals surface area contributed by atoms with Gasteiger partial charge in [-0.05, 0) is 172 Å². The van der Waals surface area contributed by atoms with Gasteiger partial charge in [0.15, 0.2) is 34.3 Å². The number of nitrogens with zero attached hydrogens (tertiary/aromatic N) is 4. The van der Waals surface area contributed by atoms with Gasteiger partial charge in [-0.1, -0.05) is 127 Å². The van der Waals surface area contributed by atoms with Crippen molar-refractivity contribution in [3.63, 3.8) is 0 Å². The molecule has 7 aromatic rings. The molecule has 0 radical (unpaired) electrons. The molecule has 0 amide bonds. The van der Waals surface area contributed by atoms with Gasteiger partial charge in [-0.3, -0.25) is 0 Å². The molecule has 1 aliphatic heterocycles. The molecule has 2 aromatic heterocycles. The average molecular weight is 1610 g/mol. The Morgan fingerprint density at radius 3 is 1.46 bits per heavy atom. The summed E-state index contributed by atoms with van der Waals surface area (Å²) in [5.74, 6) is 1.86. The molecule has 1 atom stereocenters. The maximum absolute atomic E-state index is 13.5. The van der Waals surface area contributed by atoms with Crippen molar-refractivity contribution < 1.29 is 93.4 Å². The van der Waals surface area contributed by atoms with E-state index in [1.165, 1.54) is 59.9 Å². The summed E-state index contributed by atoms with van der Waals surface area (Å²) in [6.45, 7) is 24.5. The molecule has 0 spiro atoms. The Morgan fingerprint density at radius 2 is 1.00 bits per heavy atom. The molecule has 1 aliphatic rings. The Morgan fingerprint density at radius 1 is 0.526 bits per heavy atom. The van der Waals surface area contributed by atoms with Crippen molar-refractivity contribution in [3.8, 4) is 63.9 Å². The lowest BCUT2D eigenvalue weighted by atomic mass is 9.90. The summed E-state index contributed by atoms with van der Waals surface area (Å²) in [5.41, 5.74) is 2.67. The number of rotatable bonds is 50. The first-order chi connectivity index (χ1) is 55.4. The first-order valence-corrected chi connectivity index (χ1v) is 39.6. The van der Waals surface area contributed by atoms with Gasteiger partial charge in [0.2, 0.25) is 5.70 Å². The highest BCUT2D eigenvalue weighted by Gasteiger charge is 2.42. The number of para-hydroxylation sites is 1. The number of nitriles is 2. The monoisotopic (exact) mass is 1610 g/mol. The highest BCUT2D eigenvalue weighted by Crippen LogP contribution is 2.50. The van der Waals surface area contributed by atoms with E-state index in [0.29, 0.717) is 100 Å². The minimum Gasteiger partial charge on any atom is -0.493 e. The van der Waals surface area contributed by atoms with Gasteiger partial charge in [0.25, 0.3) is 0 Å². The lowest BCUT2D eigenvalue weighted by Gasteiger charge is -2.27. The summed E-state index contributed by atoms with van der Waals surface area (Å²) in [6.07, 6.45) is 17.7. The molecular weight excluding hydrogens is 1520 g/mol. The summed E-state index contributed by atoms with van der Waals surface area (Å²) in [4.78, 5) is 32.5. The minimum absolute atomic E-state index is 0.0000570. The molecule has 8 rings (SSSR count). The number of benzene rings is 5. The van der Waals surface area contributed by atoms with Crippen LogP contribution in [0.5, 0.6) is 51.7 Å². The van der Waals surface area contributed by atoms with Gasteiger partial charge in [-0.2, -0.15) is 36.9 Å². The summed E-state index contributed by atoms with van der Waals surface area (Å²) in [7, 11) is 0. The van der Waals surface area contributed by atoms with Crippen LogP contribution in [0.1, 0.15) is 184 Å². The maximum atomic E-state index is 13.5. The number of carboxylic acid groups (broad SMARTS) is 1. The average Bonchev–Trinajstić information content (AvgIpc) is 1.68. The Labute approximate surface area is 670 Å². The zero-order valence-corrected chi connectivity index (χ0v) is 66.4. The highest BCUT2D eigenvalue weighted by molar-refractivity contribution is 7.15. The van der Waals surface area contributed by atoms with Crippen molar-refractivity contribution in [2.75, 3.05) is 57.6 Å². The Hall–Kier alpha value is -11.1. The molecule has 604 valence electrons. The molecule has 26 heteroatoms. The van der Waals surface area contributed by atoms with Gasteiger partial charge in [0.05, 0.1) is 65.7 Å². The van der Waals surface area contributed by atoms with Crippen molar-refractivity contribution >= 4 is 64.7 Å². The van der Waals surface area contributed by atoms with E-state index in [4.69, 9.17) is 54.2 Å². The largest absolute Gasteiger partial charge is 0.493 e. The third-order valence-electron chi connectivity index (χ3n) is 17.7. The standard InChI is InChI=1S/C88H94F6N4O14S2/c1-8-13-46-102-79-73(40-32-60-26-33-65(34-27-60)98(12-5)45-21-17-18-22-50-101-72-25-20-19-24-70(72)87(99)100)113-75(81(79)104-48-15-10-3)42-43-76-82(105-49-16-11-4)80(103-47-14-9-2)74(114-76)41-39-71-77(97-7)78(64(55-95)56-96)112-88(71,6)44-23-51-108-109-59-63-52-68(106-57-61-28-35-66(36-29-61)110-85(93)83(89)90)54-69(53-63)107-58-62-30-37-67(38-31-62)111-86(94)84(91)92/h19-20,24-43,52-54H,8-18,21-23,44-51,57-59H2,1-6H3,(H,99,100)/b40-32+,41-39+,43-42+. The molecule has 114 heavy (non-hydrogen) atoms. The Kier molecular flexibility index (Phi) is 36.3. The second-order valence-corrected chi connectivity index (χ2v) is 28.5. The third kappa shape index (κ3) is 26.8. The van der Waals surface area contributed by atoms with E-state index in [-0.39, 0.29) is 73.4 Å². The topological polar surface area (TPSA) is 203 Å². The van der Waals surface area contributed by atoms with Gasteiger partial charge in [-0.25, -0.2) is 19.4 Å². The van der Waals surface area contributed by atoms with Crippen molar-refractivity contribution in [2.24, 2.45) is 0 Å². The fraction of sp³-hybridized carbons (Fsp3) is 0.364. The second kappa shape index (κ2) is 46.8. The van der Waals surface area contributed by atoms with Gasteiger partial charge in [-0.15, -0.1) is 22.7 Å². The molecular formula is C88H94F6N4O14S2. The molecule has 1 unspecified atom stereocenters. The number of aromatic carboxylic acids is 1. The van der Waals surface area contributed by atoms with Gasteiger partial charge in [0, 0.05) is 30.4 Å². The van der Waals surface area contributed by atoms with Crippen LogP contribution in [0.25, 0.3) is 35.2 Å². The molecule has 0 saturated heterocycles. The van der Waals surface area contributed by atoms with E-state index in [1.807, 2.05) is 30.4 Å². The van der Waals surface area contributed by atoms with Crippen LogP contribution in [-0.2, 0) is 34.3 Å². The van der Waals surface area contributed by atoms with Crippen LogP contribution in [0.3, 0.4) is 0 Å². The highest BCUT2D eigenvalue weighted by atomic mass is 32.1. The number of thiophene rings is 2. The van der Waals surface area contributed by atoms with Crippen molar-refractivity contribution in [1.29, 1.82) is 10.5 Å². The summed E-state index contributed by atoms with van der Waals surface area (Å²) >= 11 is 2.99. The second-order valence-electron chi connectivity index (χ2n) is 26.3. The first kappa shape index (κ1) is 88.5. The van der Waals surface area contributed by atoms with Crippen molar-refractivity contribution in [3.05, 3.63) is 227 Å². The summed E-state index contributed by atoms with van der Waals surface area (Å²) < 4.78 is 138. The van der Waals surface area contributed by atoms with Crippen LogP contribution in [-0.4, -0.2) is 69.4 Å². The van der Waals surface area contributed by atoms with Crippen LogP contribution in [0.15, 0.2) is 168 Å². The van der Waals surface area contributed by atoms with Crippen LogP contribution >= 0.6 is 22.7 Å². The molecule has 0 saturated carbocycles. The van der Waals surface area contributed by atoms with E-state index in [9.17, 15) is 46.8 Å². The maximum Gasteiger partial charge on any atom is 0.344 e. The quantitative estimate of drug-likeness (QED) is 0.00716. The minimum atomic E-state index is -2.61. The molecule has 0 bridgehead atoms. The number of unbranched alkanes of at least 4 members (excludes halogenated alkanes) is 7. The Bertz CT molecular complexity index is 4530. The number of allylic oxidation sites excluding steroid dienone is 1. The number of ether oxygens (including phenoxy) is 10. The molecule has 5 aromatic carbocycles. The lowest BCUT2D eigenvalue weighted by molar-refractivity contribution is -0.304. The number of hydrogen-bond donors (Lipinski definition) is 1. The number of anilines is 1. The van der Waals surface area contributed by atoms with Gasteiger partial charge in [0.1, 0.15) is 71.9 Å². The SMILES string of the molecule is [C-]#[N+]C1=C(/C=C/c2sc(/C=C/c3sc(/C=C/c4ccc(N(CC)CCCCCCOc5ccccc5C(=O)O)cc4)c(OCCCC)c3OCCCC)c(OCCCC)c2OCCCC)C(C)(CCCOOCc2cc(OCc3ccc(OC(F)=C(F)F)cc3)cc(OCc3ccc(OC(F)=C(F)F)cc3)c2)OC1=C(C#N)C#N. The number of carboxylic acids is 1. The third-order valence-corrected chi connectivity index (χ3v) is 19.9. The fourth-order valence-electron chi connectivity index (χ4n) is 11.6. The van der Waals surface area contributed by atoms with E-state index in [0.717, 1.165) is 116 Å². The number of halogens is 6. The van der Waals surface area contributed by atoms with Crippen LogP contribution < -0.4 is 47.5 Å².